The van der Waals surface area contributed by atoms with Crippen molar-refractivity contribution in [3.05, 3.63) is 35.6 Å². The molecule has 1 aliphatic rings. The molecule has 0 atom stereocenters. The highest BCUT2D eigenvalue weighted by Gasteiger charge is 2.11. The Morgan fingerprint density at radius 1 is 1.12 bits per heavy atom. The predicted octanol–water partition coefficient (Wildman–Crippen LogP) is 2.59. The molecule has 0 radical (unpaired) electrons. The lowest BCUT2D eigenvalue weighted by molar-refractivity contribution is 0.0378. The summed E-state index contributed by atoms with van der Waals surface area (Å²) in [7, 11) is 0. The first-order chi connectivity index (χ1) is 12.2. The largest absolute Gasteiger partial charge is 0.393 e. The van der Waals surface area contributed by atoms with Crippen LogP contribution < -0.4 is 16.4 Å². The Hall–Kier alpha value is -2.09. The number of morpholine rings is 1. The SMILES string of the molecule is Nc1c(NCCCN2CCOCC2)ncnc1Nc1ccc(Cl)cc1. The van der Waals surface area contributed by atoms with Gasteiger partial charge >= 0.3 is 0 Å². The maximum Gasteiger partial charge on any atom is 0.159 e. The summed E-state index contributed by atoms with van der Waals surface area (Å²) in [5.74, 6) is 1.22. The van der Waals surface area contributed by atoms with Crippen molar-refractivity contribution in [2.24, 2.45) is 0 Å². The van der Waals surface area contributed by atoms with Gasteiger partial charge in [0, 0.05) is 30.3 Å². The van der Waals surface area contributed by atoms with Gasteiger partial charge in [0.05, 0.1) is 13.2 Å². The maximum atomic E-state index is 6.18. The Morgan fingerprint density at radius 3 is 2.60 bits per heavy atom. The molecule has 0 amide bonds. The molecule has 1 aromatic carbocycles. The molecular formula is C17H23ClN6O. The number of nitrogens with two attached hydrogens (primary N) is 1. The van der Waals surface area contributed by atoms with Crippen molar-refractivity contribution in [1.29, 1.82) is 0 Å². The van der Waals surface area contributed by atoms with Crippen LogP contribution in [0.25, 0.3) is 0 Å². The lowest BCUT2D eigenvalue weighted by Gasteiger charge is -2.26. The van der Waals surface area contributed by atoms with Crippen molar-refractivity contribution in [2.45, 2.75) is 6.42 Å². The van der Waals surface area contributed by atoms with Gasteiger partial charge in [-0.3, -0.25) is 4.90 Å². The van der Waals surface area contributed by atoms with Crippen LogP contribution >= 0.6 is 11.6 Å². The van der Waals surface area contributed by atoms with Gasteiger partial charge in [-0.05, 0) is 37.2 Å². The molecule has 3 rings (SSSR count). The van der Waals surface area contributed by atoms with E-state index in [0.29, 0.717) is 22.3 Å². The molecule has 1 aliphatic heterocycles. The standard InChI is InChI=1S/C17H23ClN6O/c18-13-2-4-14(5-3-13)23-17-15(19)16(21-12-22-17)20-6-1-7-24-8-10-25-11-9-24/h2-5,12H,1,6-11,19H2,(H2,20,21,22,23). The fraction of sp³-hybridized carbons (Fsp3) is 0.412. The van der Waals surface area contributed by atoms with Gasteiger partial charge in [-0.2, -0.15) is 0 Å². The number of halogens is 1. The van der Waals surface area contributed by atoms with E-state index in [0.717, 1.165) is 51.5 Å². The van der Waals surface area contributed by atoms with Crippen LogP contribution in [0, 0.1) is 0 Å². The summed E-state index contributed by atoms with van der Waals surface area (Å²) in [5, 5.41) is 7.16. The van der Waals surface area contributed by atoms with E-state index >= 15 is 0 Å². The molecule has 0 unspecified atom stereocenters. The van der Waals surface area contributed by atoms with E-state index in [2.05, 4.69) is 25.5 Å². The Kier molecular flexibility index (Phi) is 6.27. The van der Waals surface area contributed by atoms with Crippen LogP contribution in [0.4, 0.5) is 23.0 Å². The second-order valence-electron chi connectivity index (χ2n) is 5.85. The first-order valence-corrected chi connectivity index (χ1v) is 8.77. The van der Waals surface area contributed by atoms with Crippen molar-refractivity contribution in [2.75, 3.05) is 55.8 Å². The Balaban J connectivity index is 1.52. The summed E-state index contributed by atoms with van der Waals surface area (Å²) in [4.78, 5) is 10.9. The zero-order valence-corrected chi connectivity index (χ0v) is 14.8. The summed E-state index contributed by atoms with van der Waals surface area (Å²) in [6.07, 6.45) is 2.52. The Morgan fingerprint density at radius 2 is 1.84 bits per heavy atom. The number of benzene rings is 1. The molecule has 0 saturated carbocycles. The number of rotatable bonds is 7. The van der Waals surface area contributed by atoms with Crippen LogP contribution in [0.1, 0.15) is 6.42 Å². The first kappa shape index (κ1) is 17.7. The Labute approximate surface area is 152 Å². The van der Waals surface area contributed by atoms with Crippen LogP contribution in [0.5, 0.6) is 0 Å². The second-order valence-corrected chi connectivity index (χ2v) is 6.29. The fourth-order valence-corrected chi connectivity index (χ4v) is 2.77. The van der Waals surface area contributed by atoms with Crippen molar-refractivity contribution >= 4 is 34.6 Å². The summed E-state index contributed by atoms with van der Waals surface area (Å²) in [6.45, 7) is 5.50. The second kappa shape index (κ2) is 8.84. The van der Waals surface area contributed by atoms with E-state index in [1.807, 2.05) is 24.3 Å². The molecule has 1 fully saturated rings. The van der Waals surface area contributed by atoms with Gasteiger partial charge in [-0.15, -0.1) is 0 Å². The number of nitrogens with zero attached hydrogens (tertiary/aromatic N) is 3. The maximum absolute atomic E-state index is 6.18. The van der Waals surface area contributed by atoms with Crippen molar-refractivity contribution < 1.29 is 4.74 Å². The van der Waals surface area contributed by atoms with E-state index in [4.69, 9.17) is 22.1 Å². The summed E-state index contributed by atoms with van der Waals surface area (Å²) < 4.78 is 5.35. The molecule has 1 aromatic heterocycles. The number of ether oxygens (including phenoxy) is 1. The van der Waals surface area contributed by atoms with E-state index in [-0.39, 0.29) is 0 Å². The molecule has 2 heterocycles. The third-order valence-electron chi connectivity index (χ3n) is 4.04. The van der Waals surface area contributed by atoms with E-state index in [9.17, 15) is 0 Å². The van der Waals surface area contributed by atoms with Crippen LogP contribution in [-0.4, -0.2) is 54.3 Å². The van der Waals surface area contributed by atoms with Gasteiger partial charge in [0.25, 0.3) is 0 Å². The van der Waals surface area contributed by atoms with Gasteiger partial charge in [-0.25, -0.2) is 9.97 Å². The number of hydrogen-bond donors (Lipinski definition) is 3. The molecule has 25 heavy (non-hydrogen) atoms. The van der Waals surface area contributed by atoms with E-state index in [1.54, 1.807) is 0 Å². The van der Waals surface area contributed by atoms with Gasteiger partial charge in [-0.1, -0.05) is 11.6 Å². The molecule has 7 nitrogen and oxygen atoms in total. The third-order valence-corrected chi connectivity index (χ3v) is 4.29. The smallest absolute Gasteiger partial charge is 0.159 e. The lowest BCUT2D eigenvalue weighted by Crippen LogP contribution is -2.37. The lowest BCUT2D eigenvalue weighted by atomic mass is 10.3. The molecule has 8 heteroatoms. The minimum atomic E-state index is 0.504. The van der Waals surface area contributed by atoms with Gasteiger partial charge < -0.3 is 21.1 Å². The zero-order valence-electron chi connectivity index (χ0n) is 14.0. The molecule has 0 aliphatic carbocycles. The quantitative estimate of drug-likeness (QED) is 0.652. The highest BCUT2D eigenvalue weighted by Crippen LogP contribution is 2.26. The number of anilines is 4. The number of nitrogen functional groups attached to an aromatic ring is 1. The van der Waals surface area contributed by atoms with Crippen LogP contribution in [0.15, 0.2) is 30.6 Å². The van der Waals surface area contributed by atoms with Gasteiger partial charge in [0.2, 0.25) is 0 Å². The predicted molar refractivity (Wildman–Crippen MR) is 102 cm³/mol. The number of hydrogen-bond acceptors (Lipinski definition) is 7. The average Bonchev–Trinajstić information content (AvgIpc) is 2.64. The average molecular weight is 363 g/mol. The summed E-state index contributed by atoms with van der Waals surface area (Å²) in [6, 6.07) is 7.37. The van der Waals surface area contributed by atoms with Crippen LogP contribution in [-0.2, 0) is 4.74 Å². The van der Waals surface area contributed by atoms with Crippen molar-refractivity contribution in [1.82, 2.24) is 14.9 Å². The number of nitrogens with one attached hydrogen (secondary N) is 2. The van der Waals surface area contributed by atoms with E-state index in [1.165, 1.54) is 6.33 Å². The van der Waals surface area contributed by atoms with Crippen molar-refractivity contribution in [3.8, 4) is 0 Å². The van der Waals surface area contributed by atoms with Crippen LogP contribution in [0.2, 0.25) is 5.02 Å². The zero-order chi connectivity index (χ0) is 17.5. The summed E-state index contributed by atoms with van der Waals surface area (Å²) in [5.41, 5.74) is 7.56. The molecule has 4 N–H and O–H groups in total. The highest BCUT2D eigenvalue weighted by atomic mass is 35.5. The molecule has 134 valence electrons. The molecule has 0 spiro atoms. The topological polar surface area (TPSA) is 88.3 Å². The Bertz CT molecular complexity index is 675. The third kappa shape index (κ3) is 5.19. The number of aromatic nitrogens is 2. The first-order valence-electron chi connectivity index (χ1n) is 8.39. The normalized spacial score (nSPS) is 15.1. The molecule has 2 aromatic rings. The monoisotopic (exact) mass is 362 g/mol. The molecular weight excluding hydrogens is 340 g/mol. The fourth-order valence-electron chi connectivity index (χ4n) is 2.64. The highest BCUT2D eigenvalue weighted by molar-refractivity contribution is 6.30. The molecule has 0 bridgehead atoms. The minimum absolute atomic E-state index is 0.504. The minimum Gasteiger partial charge on any atom is -0.393 e. The summed E-state index contributed by atoms with van der Waals surface area (Å²) >= 11 is 5.90. The van der Waals surface area contributed by atoms with Crippen molar-refractivity contribution in [3.63, 3.8) is 0 Å². The van der Waals surface area contributed by atoms with Gasteiger partial charge in [0.1, 0.15) is 12.0 Å². The molecule has 1 saturated heterocycles. The van der Waals surface area contributed by atoms with E-state index < -0.39 is 0 Å². The van der Waals surface area contributed by atoms with Gasteiger partial charge in [0.15, 0.2) is 11.6 Å². The van der Waals surface area contributed by atoms with Crippen LogP contribution in [0.3, 0.4) is 0 Å².